The van der Waals surface area contributed by atoms with Crippen LogP contribution in [0.5, 0.6) is 0 Å². The van der Waals surface area contributed by atoms with Crippen molar-refractivity contribution in [3.63, 3.8) is 0 Å². The molecule has 1 aromatic heterocycles. The number of nitrogens with one attached hydrogen (secondary N) is 1. The number of hydrogen-bond donors (Lipinski definition) is 1. The van der Waals surface area contributed by atoms with Crippen LogP contribution in [0.15, 0.2) is 12.5 Å². The maximum absolute atomic E-state index is 4.20. The molecule has 1 aliphatic rings. The Bertz CT molecular complexity index is 274. The Kier molecular flexibility index (Phi) is 3.19. The molecule has 0 spiro atoms. The van der Waals surface area contributed by atoms with E-state index in [1.165, 1.54) is 38.0 Å². The molecule has 0 radical (unpaired) electrons. The number of rotatable bonds is 3. The molecule has 1 aromatic rings. The Hall–Kier alpha value is -0.830. The lowest BCUT2D eigenvalue weighted by molar-refractivity contribution is 0.370. The summed E-state index contributed by atoms with van der Waals surface area (Å²) >= 11 is 0. The van der Waals surface area contributed by atoms with Crippen molar-refractivity contribution in [2.24, 2.45) is 5.92 Å². The van der Waals surface area contributed by atoms with Gasteiger partial charge in [0.25, 0.3) is 0 Å². The minimum atomic E-state index is 0.811. The van der Waals surface area contributed by atoms with Crippen LogP contribution in [0, 0.1) is 5.92 Å². The van der Waals surface area contributed by atoms with Crippen molar-refractivity contribution in [2.45, 2.75) is 32.7 Å². The molecule has 0 saturated carbocycles. The highest BCUT2D eigenvalue weighted by Gasteiger charge is 2.14. The highest BCUT2D eigenvalue weighted by Crippen LogP contribution is 2.15. The summed E-state index contributed by atoms with van der Waals surface area (Å²) in [4.78, 5) is 4.20. The van der Waals surface area contributed by atoms with Crippen molar-refractivity contribution < 1.29 is 0 Å². The minimum Gasteiger partial charge on any atom is -0.335 e. The molecular formula is C11H19N3. The Morgan fingerprint density at radius 3 is 3.29 bits per heavy atom. The third-order valence-electron chi connectivity index (χ3n) is 3.04. The first-order valence-electron chi connectivity index (χ1n) is 5.60. The SMILES string of the molecule is CCn1cncc1CC1CCCNC1. The summed E-state index contributed by atoms with van der Waals surface area (Å²) < 4.78 is 2.24. The van der Waals surface area contributed by atoms with Crippen LogP contribution in [0.3, 0.4) is 0 Å². The summed E-state index contributed by atoms with van der Waals surface area (Å²) in [7, 11) is 0. The summed E-state index contributed by atoms with van der Waals surface area (Å²) in [6, 6.07) is 0. The van der Waals surface area contributed by atoms with Gasteiger partial charge in [-0.25, -0.2) is 4.98 Å². The molecule has 14 heavy (non-hydrogen) atoms. The van der Waals surface area contributed by atoms with E-state index in [9.17, 15) is 0 Å². The zero-order chi connectivity index (χ0) is 9.80. The van der Waals surface area contributed by atoms with E-state index in [-0.39, 0.29) is 0 Å². The van der Waals surface area contributed by atoms with E-state index in [0.717, 1.165) is 12.5 Å². The molecule has 0 aromatic carbocycles. The summed E-state index contributed by atoms with van der Waals surface area (Å²) in [5, 5.41) is 3.46. The van der Waals surface area contributed by atoms with E-state index >= 15 is 0 Å². The van der Waals surface area contributed by atoms with E-state index in [1.54, 1.807) is 0 Å². The van der Waals surface area contributed by atoms with E-state index in [2.05, 4.69) is 21.8 Å². The zero-order valence-corrected chi connectivity index (χ0v) is 8.87. The van der Waals surface area contributed by atoms with Crippen LogP contribution in [-0.4, -0.2) is 22.6 Å². The number of nitrogens with zero attached hydrogens (tertiary/aromatic N) is 2. The van der Waals surface area contributed by atoms with Crippen LogP contribution in [0.25, 0.3) is 0 Å². The van der Waals surface area contributed by atoms with Crippen molar-refractivity contribution in [3.8, 4) is 0 Å². The number of piperidine rings is 1. The van der Waals surface area contributed by atoms with Crippen LogP contribution in [-0.2, 0) is 13.0 Å². The lowest BCUT2D eigenvalue weighted by atomic mass is 9.95. The number of imidazole rings is 1. The van der Waals surface area contributed by atoms with Crippen LogP contribution in [0.1, 0.15) is 25.5 Å². The van der Waals surface area contributed by atoms with Gasteiger partial charge < -0.3 is 9.88 Å². The third-order valence-corrected chi connectivity index (χ3v) is 3.04. The van der Waals surface area contributed by atoms with Gasteiger partial charge in [-0.15, -0.1) is 0 Å². The molecule has 1 atom stereocenters. The van der Waals surface area contributed by atoms with Gasteiger partial charge in [-0.1, -0.05) is 0 Å². The fraction of sp³-hybridized carbons (Fsp3) is 0.727. The molecule has 0 aliphatic carbocycles. The topological polar surface area (TPSA) is 29.9 Å². The average Bonchev–Trinajstić information content (AvgIpc) is 2.67. The Morgan fingerprint density at radius 1 is 1.64 bits per heavy atom. The molecule has 1 unspecified atom stereocenters. The van der Waals surface area contributed by atoms with Crippen molar-refractivity contribution in [2.75, 3.05) is 13.1 Å². The smallest absolute Gasteiger partial charge is 0.0948 e. The minimum absolute atomic E-state index is 0.811. The van der Waals surface area contributed by atoms with Crippen molar-refractivity contribution in [1.29, 1.82) is 0 Å². The molecule has 1 fully saturated rings. The van der Waals surface area contributed by atoms with Gasteiger partial charge >= 0.3 is 0 Å². The van der Waals surface area contributed by atoms with Gasteiger partial charge in [-0.2, -0.15) is 0 Å². The van der Waals surface area contributed by atoms with Crippen molar-refractivity contribution >= 4 is 0 Å². The predicted octanol–water partition coefficient (Wildman–Crippen LogP) is 1.45. The molecule has 78 valence electrons. The fourth-order valence-corrected chi connectivity index (χ4v) is 2.20. The molecular weight excluding hydrogens is 174 g/mol. The number of aryl methyl sites for hydroxylation is 1. The second-order valence-electron chi connectivity index (χ2n) is 4.09. The molecule has 3 nitrogen and oxygen atoms in total. The summed E-state index contributed by atoms with van der Waals surface area (Å²) in [6.45, 7) is 5.58. The maximum Gasteiger partial charge on any atom is 0.0948 e. The number of hydrogen-bond acceptors (Lipinski definition) is 2. The predicted molar refractivity (Wildman–Crippen MR) is 57.2 cm³/mol. The van der Waals surface area contributed by atoms with Gasteiger partial charge in [-0.3, -0.25) is 0 Å². The largest absolute Gasteiger partial charge is 0.335 e. The first kappa shape index (κ1) is 9.71. The normalized spacial score (nSPS) is 22.5. The van der Waals surface area contributed by atoms with Crippen LogP contribution < -0.4 is 5.32 Å². The summed E-state index contributed by atoms with van der Waals surface area (Å²) in [6.07, 6.45) is 7.82. The summed E-state index contributed by atoms with van der Waals surface area (Å²) in [5.41, 5.74) is 1.39. The monoisotopic (exact) mass is 193 g/mol. The van der Waals surface area contributed by atoms with Crippen LogP contribution in [0.2, 0.25) is 0 Å². The average molecular weight is 193 g/mol. The fourth-order valence-electron chi connectivity index (χ4n) is 2.20. The second kappa shape index (κ2) is 4.60. The van der Waals surface area contributed by atoms with Gasteiger partial charge in [0.1, 0.15) is 0 Å². The standard InChI is InChI=1S/C11H19N3/c1-2-14-9-13-8-11(14)6-10-4-3-5-12-7-10/h8-10,12H,2-7H2,1H3. The van der Waals surface area contributed by atoms with E-state index < -0.39 is 0 Å². The second-order valence-corrected chi connectivity index (χ2v) is 4.09. The molecule has 3 heteroatoms. The van der Waals surface area contributed by atoms with Crippen LogP contribution in [0.4, 0.5) is 0 Å². The molecule has 0 bridgehead atoms. The molecule has 0 amide bonds. The Balaban J connectivity index is 1.95. The first-order chi connectivity index (χ1) is 6.90. The Labute approximate surface area is 85.5 Å². The van der Waals surface area contributed by atoms with Gasteiger partial charge in [0.2, 0.25) is 0 Å². The lowest BCUT2D eigenvalue weighted by Gasteiger charge is -2.22. The quantitative estimate of drug-likeness (QED) is 0.787. The lowest BCUT2D eigenvalue weighted by Crippen LogP contribution is -2.31. The molecule has 1 aliphatic heterocycles. The number of aromatic nitrogens is 2. The van der Waals surface area contributed by atoms with Crippen molar-refractivity contribution in [1.82, 2.24) is 14.9 Å². The van der Waals surface area contributed by atoms with Gasteiger partial charge in [0, 0.05) is 18.4 Å². The maximum atomic E-state index is 4.20. The summed E-state index contributed by atoms with van der Waals surface area (Å²) in [5.74, 6) is 0.811. The third kappa shape index (κ3) is 2.15. The van der Waals surface area contributed by atoms with Gasteiger partial charge in [-0.05, 0) is 45.2 Å². The zero-order valence-electron chi connectivity index (χ0n) is 8.87. The molecule has 1 N–H and O–H groups in total. The Morgan fingerprint density at radius 2 is 2.57 bits per heavy atom. The van der Waals surface area contributed by atoms with Crippen LogP contribution >= 0.6 is 0 Å². The highest BCUT2D eigenvalue weighted by atomic mass is 15.0. The molecule has 1 saturated heterocycles. The van der Waals surface area contributed by atoms with E-state index in [1.807, 2.05) is 12.5 Å². The highest BCUT2D eigenvalue weighted by molar-refractivity contribution is 5.00. The van der Waals surface area contributed by atoms with E-state index in [4.69, 9.17) is 0 Å². The first-order valence-corrected chi connectivity index (χ1v) is 5.60. The van der Waals surface area contributed by atoms with Gasteiger partial charge in [0.15, 0.2) is 0 Å². The van der Waals surface area contributed by atoms with Gasteiger partial charge in [0.05, 0.1) is 6.33 Å². The molecule has 2 heterocycles. The molecule has 2 rings (SSSR count). The van der Waals surface area contributed by atoms with E-state index in [0.29, 0.717) is 0 Å². The van der Waals surface area contributed by atoms with Crippen molar-refractivity contribution in [3.05, 3.63) is 18.2 Å².